The van der Waals surface area contributed by atoms with Gasteiger partial charge in [-0.25, -0.2) is 9.59 Å². The maximum Gasteiger partial charge on any atom is 0.503 e. The topological polar surface area (TPSA) is 93.1 Å². The van der Waals surface area contributed by atoms with Gasteiger partial charge in [0.05, 0.1) is 12.5 Å². The van der Waals surface area contributed by atoms with Crippen molar-refractivity contribution in [2.24, 2.45) is 5.92 Å². The molecule has 0 heterocycles. The average molecular weight is 273 g/mol. The zero-order chi connectivity index (χ0) is 11.6. The number of halogens is 1. The van der Waals surface area contributed by atoms with Crippen molar-refractivity contribution in [1.29, 1.82) is 0 Å². The zero-order valence-corrected chi connectivity index (χ0v) is 9.48. The standard InChI is InChI=1S/C6H11BrO3.CH2O3/c1-3-9-10-6(8)5(2)4-7;2-1(3)4/h5H,3-4H2,1-2H3;(H2,2,3,4). The number of carbonyl (C=O) groups excluding carboxylic acids is 1. The Balaban J connectivity index is 0. The molecule has 0 aromatic heterocycles. The van der Waals surface area contributed by atoms with Gasteiger partial charge in [-0.2, -0.15) is 4.89 Å². The van der Waals surface area contributed by atoms with Gasteiger partial charge in [0.2, 0.25) is 0 Å². The molecule has 0 spiro atoms. The molecule has 0 aliphatic heterocycles. The molecule has 0 amide bonds. The number of carboxylic acid groups (broad SMARTS) is 2. The summed E-state index contributed by atoms with van der Waals surface area (Å²) in [6.07, 6.45) is -1.83. The van der Waals surface area contributed by atoms with Crippen LogP contribution in [0.25, 0.3) is 0 Å². The van der Waals surface area contributed by atoms with Crippen molar-refractivity contribution in [2.45, 2.75) is 13.8 Å². The third kappa shape index (κ3) is 13.7. The van der Waals surface area contributed by atoms with E-state index in [1.54, 1.807) is 13.8 Å². The fourth-order valence-corrected chi connectivity index (χ4v) is 0.526. The molecule has 0 aliphatic rings. The average Bonchev–Trinajstić information content (AvgIpc) is 2.11. The van der Waals surface area contributed by atoms with Crippen LogP contribution in [0.3, 0.4) is 0 Å². The van der Waals surface area contributed by atoms with E-state index in [0.29, 0.717) is 11.9 Å². The number of hydrogen-bond donors (Lipinski definition) is 2. The van der Waals surface area contributed by atoms with Crippen LogP contribution in [0.4, 0.5) is 4.79 Å². The second-order valence-corrected chi connectivity index (χ2v) is 2.79. The third-order valence-corrected chi connectivity index (χ3v) is 1.86. The van der Waals surface area contributed by atoms with Crippen molar-refractivity contribution in [1.82, 2.24) is 0 Å². The molecule has 0 saturated heterocycles. The number of carbonyl (C=O) groups is 2. The SMILES string of the molecule is CCOOC(=O)C(C)CBr.O=C(O)O. The highest BCUT2D eigenvalue weighted by Crippen LogP contribution is 2.02. The van der Waals surface area contributed by atoms with Crippen molar-refractivity contribution in [2.75, 3.05) is 11.9 Å². The monoisotopic (exact) mass is 272 g/mol. The first-order chi connectivity index (χ1) is 6.45. The summed E-state index contributed by atoms with van der Waals surface area (Å²) in [5, 5.41) is 14.5. The predicted molar refractivity (Wildman–Crippen MR) is 51.3 cm³/mol. The van der Waals surface area contributed by atoms with Gasteiger partial charge in [0.15, 0.2) is 0 Å². The van der Waals surface area contributed by atoms with Crippen LogP contribution >= 0.6 is 15.9 Å². The van der Waals surface area contributed by atoms with Crippen LogP contribution in [0.15, 0.2) is 0 Å². The molecule has 7 heteroatoms. The molecule has 0 saturated carbocycles. The summed E-state index contributed by atoms with van der Waals surface area (Å²) in [5.74, 6) is -0.481. The smallest absolute Gasteiger partial charge is 0.450 e. The van der Waals surface area contributed by atoms with E-state index in [1.165, 1.54) is 0 Å². The second-order valence-electron chi connectivity index (χ2n) is 2.15. The first-order valence-corrected chi connectivity index (χ1v) is 4.89. The third-order valence-electron chi connectivity index (χ3n) is 0.893. The van der Waals surface area contributed by atoms with E-state index in [4.69, 9.17) is 15.0 Å². The molecular formula is C7H13BrO6. The molecular weight excluding hydrogens is 260 g/mol. The lowest BCUT2D eigenvalue weighted by molar-refractivity contribution is -0.272. The van der Waals surface area contributed by atoms with Crippen molar-refractivity contribution in [3.63, 3.8) is 0 Å². The molecule has 84 valence electrons. The highest BCUT2D eigenvalue weighted by molar-refractivity contribution is 9.09. The van der Waals surface area contributed by atoms with Gasteiger partial charge in [0.25, 0.3) is 0 Å². The van der Waals surface area contributed by atoms with E-state index in [0.717, 1.165) is 0 Å². The molecule has 0 radical (unpaired) electrons. The van der Waals surface area contributed by atoms with Crippen molar-refractivity contribution >= 4 is 28.1 Å². The Labute approximate surface area is 89.9 Å². The van der Waals surface area contributed by atoms with Crippen LogP contribution in [0.1, 0.15) is 13.8 Å². The molecule has 1 atom stereocenters. The Morgan fingerprint density at radius 2 is 1.86 bits per heavy atom. The molecule has 2 N–H and O–H groups in total. The zero-order valence-electron chi connectivity index (χ0n) is 7.90. The van der Waals surface area contributed by atoms with Gasteiger partial charge < -0.3 is 10.2 Å². The quantitative estimate of drug-likeness (QED) is 0.460. The Hall–Kier alpha value is -0.820. The Morgan fingerprint density at radius 1 is 1.43 bits per heavy atom. The fourth-order valence-electron chi connectivity index (χ4n) is 0.262. The lowest BCUT2D eigenvalue weighted by Gasteiger charge is -2.04. The Kier molecular flexibility index (Phi) is 11.5. The van der Waals surface area contributed by atoms with Crippen molar-refractivity contribution in [3.8, 4) is 0 Å². The van der Waals surface area contributed by atoms with E-state index >= 15 is 0 Å². The van der Waals surface area contributed by atoms with Gasteiger partial charge in [0, 0.05) is 5.33 Å². The predicted octanol–water partition coefficient (Wildman–Crippen LogP) is 1.73. The minimum atomic E-state index is -1.83. The van der Waals surface area contributed by atoms with Crippen LogP contribution in [-0.2, 0) is 14.6 Å². The van der Waals surface area contributed by atoms with Crippen molar-refractivity contribution in [3.05, 3.63) is 0 Å². The lowest BCUT2D eigenvalue weighted by atomic mass is 10.2. The number of alkyl halides is 1. The van der Waals surface area contributed by atoms with E-state index in [1.807, 2.05) is 0 Å². The van der Waals surface area contributed by atoms with E-state index in [-0.39, 0.29) is 11.9 Å². The normalized spacial score (nSPS) is 10.8. The minimum absolute atomic E-state index is 0.147. The minimum Gasteiger partial charge on any atom is -0.450 e. The molecule has 0 fully saturated rings. The van der Waals surface area contributed by atoms with Gasteiger partial charge in [0.1, 0.15) is 0 Å². The summed E-state index contributed by atoms with van der Waals surface area (Å²) < 4.78 is 0. The van der Waals surface area contributed by atoms with Gasteiger partial charge in [-0.15, -0.1) is 0 Å². The van der Waals surface area contributed by atoms with Crippen LogP contribution in [0, 0.1) is 5.92 Å². The Bertz CT molecular complexity index is 168. The van der Waals surface area contributed by atoms with E-state index in [9.17, 15) is 4.79 Å². The lowest BCUT2D eigenvalue weighted by Crippen LogP contribution is -2.15. The van der Waals surface area contributed by atoms with Gasteiger partial charge in [-0.3, -0.25) is 4.89 Å². The van der Waals surface area contributed by atoms with Gasteiger partial charge in [-0.1, -0.05) is 22.9 Å². The van der Waals surface area contributed by atoms with Crippen LogP contribution in [-0.4, -0.2) is 34.3 Å². The number of hydrogen-bond acceptors (Lipinski definition) is 4. The molecule has 0 bridgehead atoms. The largest absolute Gasteiger partial charge is 0.503 e. The maximum atomic E-state index is 10.8. The van der Waals surface area contributed by atoms with Crippen LogP contribution in [0.5, 0.6) is 0 Å². The molecule has 0 aromatic rings. The summed E-state index contributed by atoms with van der Waals surface area (Å²) in [7, 11) is 0. The first kappa shape index (κ1) is 15.6. The Morgan fingerprint density at radius 3 is 2.14 bits per heavy atom. The fraction of sp³-hybridized carbons (Fsp3) is 0.714. The molecule has 0 rings (SSSR count). The van der Waals surface area contributed by atoms with Gasteiger partial charge in [-0.05, 0) is 6.92 Å². The first-order valence-electron chi connectivity index (χ1n) is 3.76. The highest BCUT2D eigenvalue weighted by atomic mass is 79.9. The van der Waals surface area contributed by atoms with Crippen molar-refractivity contribution < 1.29 is 29.6 Å². The summed E-state index contributed by atoms with van der Waals surface area (Å²) >= 11 is 3.15. The van der Waals surface area contributed by atoms with Crippen LogP contribution in [0.2, 0.25) is 0 Å². The second kappa shape index (κ2) is 10.3. The van der Waals surface area contributed by atoms with Gasteiger partial charge >= 0.3 is 12.1 Å². The van der Waals surface area contributed by atoms with E-state index < -0.39 is 6.16 Å². The molecule has 6 nitrogen and oxygen atoms in total. The highest BCUT2D eigenvalue weighted by Gasteiger charge is 2.12. The summed E-state index contributed by atoms with van der Waals surface area (Å²) in [5.41, 5.74) is 0. The summed E-state index contributed by atoms with van der Waals surface area (Å²) in [6, 6.07) is 0. The molecule has 1 unspecified atom stereocenters. The van der Waals surface area contributed by atoms with Crippen LogP contribution < -0.4 is 0 Å². The summed E-state index contributed by atoms with van der Waals surface area (Å²) in [6.45, 7) is 3.91. The number of rotatable bonds is 4. The molecule has 0 aromatic carbocycles. The molecule has 14 heavy (non-hydrogen) atoms. The van der Waals surface area contributed by atoms with E-state index in [2.05, 4.69) is 25.7 Å². The molecule has 0 aliphatic carbocycles. The maximum absolute atomic E-state index is 10.8. The summed E-state index contributed by atoms with van der Waals surface area (Å²) in [4.78, 5) is 28.1.